The summed E-state index contributed by atoms with van der Waals surface area (Å²) in [7, 11) is 0. The number of hydrogen-bond donors (Lipinski definition) is 3. The van der Waals surface area contributed by atoms with Crippen molar-refractivity contribution >= 4 is 37.2 Å². The van der Waals surface area contributed by atoms with Gasteiger partial charge in [0, 0.05) is 49.4 Å². The fourth-order valence-electron chi connectivity index (χ4n) is 5.25. The van der Waals surface area contributed by atoms with Crippen LogP contribution in [0.15, 0.2) is 91.0 Å². The summed E-state index contributed by atoms with van der Waals surface area (Å²) in [4.78, 5) is 10.8. The van der Waals surface area contributed by atoms with E-state index in [0.717, 1.165) is 55.4 Å². The average Bonchev–Trinajstić information content (AvgIpc) is 3.32. The highest BCUT2D eigenvalue weighted by molar-refractivity contribution is 5.86. The number of piperazine rings is 1. The standard InChI is InChI=1S/C30H34N4O.3ClH/c1-22-28(33-30(32-22)25-15-9-4-10-16-25)29(35)27(34-19-17-31-18-20-34)21-26(23-11-5-2-6-12-23)24-13-7-3-8-14-24;;;/h2-16,26-27,29,31,35H,17-21H2,1H3,(H,32,33);3*1H. The Bertz CT molecular complexity index is 1160. The summed E-state index contributed by atoms with van der Waals surface area (Å²) in [6.45, 7) is 5.69. The minimum atomic E-state index is -0.697. The molecule has 8 heteroatoms. The Morgan fingerprint density at radius 2 is 1.29 bits per heavy atom. The molecule has 1 aliphatic rings. The Morgan fingerprint density at radius 1 is 0.789 bits per heavy atom. The molecule has 2 unspecified atom stereocenters. The number of rotatable bonds is 8. The number of benzene rings is 3. The highest BCUT2D eigenvalue weighted by atomic mass is 35.5. The van der Waals surface area contributed by atoms with Gasteiger partial charge >= 0.3 is 0 Å². The van der Waals surface area contributed by atoms with Crippen LogP contribution in [0.2, 0.25) is 0 Å². The molecule has 0 aliphatic carbocycles. The lowest BCUT2D eigenvalue weighted by atomic mass is 9.83. The molecule has 0 spiro atoms. The fraction of sp³-hybridized carbons (Fsp3) is 0.300. The van der Waals surface area contributed by atoms with Gasteiger partial charge in [-0.05, 0) is 24.5 Å². The maximum absolute atomic E-state index is 11.9. The van der Waals surface area contributed by atoms with Crippen molar-refractivity contribution in [2.45, 2.75) is 31.4 Å². The first kappa shape index (κ1) is 31.8. The first-order chi connectivity index (χ1) is 17.2. The molecule has 0 amide bonds. The van der Waals surface area contributed by atoms with E-state index in [1.54, 1.807) is 0 Å². The summed E-state index contributed by atoms with van der Waals surface area (Å²) in [5.41, 5.74) is 5.24. The van der Waals surface area contributed by atoms with Gasteiger partial charge in [0.25, 0.3) is 0 Å². The Kier molecular flexibility index (Phi) is 12.8. The van der Waals surface area contributed by atoms with Gasteiger partial charge < -0.3 is 15.4 Å². The summed E-state index contributed by atoms with van der Waals surface area (Å²) < 4.78 is 0. The summed E-state index contributed by atoms with van der Waals surface area (Å²) in [5.74, 6) is 0.985. The van der Waals surface area contributed by atoms with E-state index in [1.165, 1.54) is 11.1 Å². The SMILES string of the molecule is Cc1[nH]c(-c2ccccc2)nc1C(O)C(CC(c1ccccc1)c1ccccc1)N1CCNCC1.Cl.Cl.Cl. The van der Waals surface area contributed by atoms with Gasteiger partial charge in [-0.25, -0.2) is 4.98 Å². The van der Waals surface area contributed by atoms with E-state index in [0.29, 0.717) is 0 Å². The molecule has 1 fully saturated rings. The van der Waals surface area contributed by atoms with Crippen LogP contribution in [-0.2, 0) is 0 Å². The predicted octanol–water partition coefficient (Wildman–Crippen LogP) is 6.18. The monoisotopic (exact) mass is 574 g/mol. The molecule has 204 valence electrons. The van der Waals surface area contributed by atoms with E-state index < -0.39 is 6.10 Å². The molecule has 1 saturated heterocycles. The van der Waals surface area contributed by atoms with E-state index in [-0.39, 0.29) is 49.2 Å². The predicted molar refractivity (Wildman–Crippen MR) is 163 cm³/mol. The van der Waals surface area contributed by atoms with Crippen molar-refractivity contribution in [3.63, 3.8) is 0 Å². The van der Waals surface area contributed by atoms with Gasteiger partial charge in [-0.3, -0.25) is 4.90 Å². The molecule has 38 heavy (non-hydrogen) atoms. The number of aromatic nitrogens is 2. The van der Waals surface area contributed by atoms with Gasteiger partial charge in [-0.1, -0.05) is 91.0 Å². The zero-order valence-corrected chi connectivity index (χ0v) is 23.9. The number of hydrogen-bond acceptors (Lipinski definition) is 4. The van der Waals surface area contributed by atoms with Crippen molar-refractivity contribution in [2.75, 3.05) is 26.2 Å². The van der Waals surface area contributed by atoms with Crippen molar-refractivity contribution in [1.29, 1.82) is 0 Å². The lowest BCUT2D eigenvalue weighted by Crippen LogP contribution is -2.51. The van der Waals surface area contributed by atoms with Gasteiger partial charge in [0.2, 0.25) is 0 Å². The van der Waals surface area contributed by atoms with Crippen molar-refractivity contribution in [2.24, 2.45) is 0 Å². The van der Waals surface area contributed by atoms with Gasteiger partial charge in [0.1, 0.15) is 11.9 Å². The minimum Gasteiger partial charge on any atom is -0.385 e. The van der Waals surface area contributed by atoms with E-state index in [1.807, 2.05) is 37.3 Å². The van der Waals surface area contributed by atoms with Crippen LogP contribution >= 0.6 is 37.2 Å². The van der Waals surface area contributed by atoms with Crippen molar-refractivity contribution in [3.8, 4) is 11.4 Å². The molecule has 5 rings (SSSR count). The third-order valence-corrected chi connectivity index (χ3v) is 7.12. The number of aliphatic hydroxyl groups excluding tert-OH is 1. The van der Waals surface area contributed by atoms with Crippen LogP contribution in [0.25, 0.3) is 11.4 Å². The molecule has 0 radical (unpaired) electrons. The van der Waals surface area contributed by atoms with Crippen molar-refractivity contribution in [3.05, 3.63) is 114 Å². The van der Waals surface area contributed by atoms with Crippen LogP contribution in [-0.4, -0.2) is 52.2 Å². The summed E-state index contributed by atoms with van der Waals surface area (Å²) in [6, 6.07) is 31.4. The third-order valence-electron chi connectivity index (χ3n) is 7.12. The zero-order chi connectivity index (χ0) is 24.0. The maximum Gasteiger partial charge on any atom is 0.137 e. The third kappa shape index (κ3) is 7.38. The number of aliphatic hydroxyl groups is 1. The molecule has 0 saturated carbocycles. The highest BCUT2D eigenvalue weighted by Gasteiger charge is 2.34. The normalized spacial score (nSPS) is 15.0. The number of halogens is 3. The molecule has 3 aromatic carbocycles. The number of aromatic amines is 1. The second-order valence-electron chi connectivity index (χ2n) is 9.37. The quantitative estimate of drug-likeness (QED) is 0.235. The molecule has 1 aromatic heterocycles. The molecular weight excluding hydrogens is 539 g/mol. The topological polar surface area (TPSA) is 64.2 Å². The minimum absolute atomic E-state index is 0. The first-order valence-electron chi connectivity index (χ1n) is 12.6. The second-order valence-corrected chi connectivity index (χ2v) is 9.37. The second kappa shape index (κ2) is 15.3. The Labute approximate surface area is 244 Å². The maximum atomic E-state index is 11.9. The van der Waals surface area contributed by atoms with E-state index in [4.69, 9.17) is 4.98 Å². The van der Waals surface area contributed by atoms with Crippen LogP contribution in [0.3, 0.4) is 0 Å². The Hall–Kier alpha value is -2.38. The molecular formula is C30H37Cl3N4O. The average molecular weight is 576 g/mol. The van der Waals surface area contributed by atoms with Crippen LogP contribution in [0.4, 0.5) is 0 Å². The summed E-state index contributed by atoms with van der Waals surface area (Å²) in [6.07, 6.45) is 0.110. The number of aryl methyl sites for hydroxylation is 1. The molecule has 2 heterocycles. The van der Waals surface area contributed by atoms with E-state index in [9.17, 15) is 5.11 Å². The molecule has 4 aromatic rings. The highest BCUT2D eigenvalue weighted by Crippen LogP contribution is 2.36. The van der Waals surface area contributed by atoms with Gasteiger partial charge in [0.05, 0.1) is 5.69 Å². The smallest absolute Gasteiger partial charge is 0.137 e. The van der Waals surface area contributed by atoms with E-state index in [2.05, 4.69) is 75.9 Å². The molecule has 1 aliphatic heterocycles. The Balaban J connectivity index is 0.00000169. The molecule has 2 atom stereocenters. The van der Waals surface area contributed by atoms with Crippen LogP contribution in [0.5, 0.6) is 0 Å². The van der Waals surface area contributed by atoms with Gasteiger partial charge in [0.15, 0.2) is 0 Å². The summed E-state index contributed by atoms with van der Waals surface area (Å²) in [5, 5.41) is 15.3. The molecule has 5 nitrogen and oxygen atoms in total. The molecule has 3 N–H and O–H groups in total. The number of H-pyrrole nitrogens is 1. The largest absolute Gasteiger partial charge is 0.385 e. The van der Waals surface area contributed by atoms with Crippen molar-refractivity contribution in [1.82, 2.24) is 20.2 Å². The summed E-state index contributed by atoms with van der Waals surface area (Å²) >= 11 is 0. The number of imidazole rings is 1. The fourth-order valence-corrected chi connectivity index (χ4v) is 5.25. The zero-order valence-electron chi connectivity index (χ0n) is 21.5. The lowest BCUT2D eigenvalue weighted by molar-refractivity contribution is 0.0316. The van der Waals surface area contributed by atoms with Crippen LogP contribution in [0, 0.1) is 6.92 Å². The van der Waals surface area contributed by atoms with E-state index >= 15 is 0 Å². The lowest BCUT2D eigenvalue weighted by Gasteiger charge is -2.39. The first-order valence-corrected chi connectivity index (χ1v) is 12.6. The molecule has 0 bridgehead atoms. The van der Waals surface area contributed by atoms with Crippen LogP contribution in [0.1, 0.15) is 41.0 Å². The number of nitrogens with one attached hydrogen (secondary N) is 2. The van der Waals surface area contributed by atoms with Crippen LogP contribution < -0.4 is 5.32 Å². The van der Waals surface area contributed by atoms with Gasteiger partial charge in [-0.15, -0.1) is 37.2 Å². The van der Waals surface area contributed by atoms with Gasteiger partial charge in [-0.2, -0.15) is 0 Å². The Morgan fingerprint density at radius 3 is 1.82 bits per heavy atom. The van der Waals surface area contributed by atoms with Crippen molar-refractivity contribution < 1.29 is 5.11 Å². The number of nitrogens with zero attached hydrogens (tertiary/aromatic N) is 2.